The Morgan fingerprint density at radius 3 is 2.67 bits per heavy atom. The Balaban J connectivity index is 1.47. The molecule has 2 heterocycles. The van der Waals surface area contributed by atoms with Crippen LogP contribution < -0.4 is 4.72 Å². The van der Waals surface area contributed by atoms with E-state index in [2.05, 4.69) is 14.7 Å². The number of anilines is 1. The molecule has 0 radical (unpaired) electrons. The Labute approximate surface area is 175 Å². The number of fused-ring (bicyclic) bond motifs is 2. The Bertz CT molecular complexity index is 1360. The molecule has 0 atom stereocenters. The maximum Gasteiger partial charge on any atom is 0.261 e. The number of rotatable bonds is 4. The van der Waals surface area contributed by atoms with Crippen LogP contribution in [0.25, 0.3) is 17.0 Å². The third kappa shape index (κ3) is 3.35. The van der Waals surface area contributed by atoms with Crippen molar-refractivity contribution in [2.24, 2.45) is 0 Å². The van der Waals surface area contributed by atoms with E-state index in [0.717, 1.165) is 41.8 Å². The molecule has 1 aliphatic carbocycles. The summed E-state index contributed by atoms with van der Waals surface area (Å²) in [5.74, 6) is 0.616. The van der Waals surface area contributed by atoms with E-state index in [1.165, 1.54) is 12.0 Å². The van der Waals surface area contributed by atoms with Crippen molar-refractivity contribution in [1.82, 2.24) is 14.4 Å². The standard InChI is InChI=1S/C23H22N4O2S/c1-16-22(25-23-24-12-5-13-27(16)23)19-8-4-9-20(14-19)26-30(28,29)21-11-10-17-6-2-3-7-18(17)15-21/h4-5,8-15,26H,2-3,6-7H2,1H3. The van der Waals surface area contributed by atoms with Crippen LogP contribution in [0.2, 0.25) is 0 Å². The Morgan fingerprint density at radius 2 is 1.83 bits per heavy atom. The van der Waals surface area contributed by atoms with Crippen LogP contribution in [0, 0.1) is 6.92 Å². The second-order valence-electron chi connectivity index (χ2n) is 7.66. The van der Waals surface area contributed by atoms with Gasteiger partial charge in [0.25, 0.3) is 10.0 Å². The molecule has 7 heteroatoms. The van der Waals surface area contributed by atoms with Crippen LogP contribution in [0.15, 0.2) is 65.8 Å². The van der Waals surface area contributed by atoms with Gasteiger partial charge >= 0.3 is 0 Å². The van der Waals surface area contributed by atoms with Gasteiger partial charge in [-0.05, 0) is 74.1 Å². The molecule has 1 aliphatic rings. The fourth-order valence-corrected chi connectivity index (χ4v) is 5.20. The summed E-state index contributed by atoms with van der Waals surface area (Å²) in [6, 6.07) is 14.6. The van der Waals surface area contributed by atoms with Crippen LogP contribution in [0.5, 0.6) is 0 Å². The van der Waals surface area contributed by atoms with Crippen molar-refractivity contribution >= 4 is 21.5 Å². The zero-order valence-corrected chi connectivity index (χ0v) is 17.5. The molecule has 2 aromatic heterocycles. The van der Waals surface area contributed by atoms with Gasteiger partial charge in [-0.1, -0.05) is 18.2 Å². The average molecular weight is 419 g/mol. The largest absolute Gasteiger partial charge is 0.288 e. The van der Waals surface area contributed by atoms with E-state index in [-0.39, 0.29) is 0 Å². The van der Waals surface area contributed by atoms with E-state index in [1.807, 2.05) is 53.9 Å². The molecule has 5 rings (SSSR count). The van der Waals surface area contributed by atoms with Gasteiger partial charge < -0.3 is 0 Å². The first-order chi connectivity index (χ1) is 14.5. The molecule has 30 heavy (non-hydrogen) atoms. The second kappa shape index (κ2) is 7.25. The predicted octanol–water partition coefficient (Wildman–Crippen LogP) is 4.38. The highest BCUT2D eigenvalue weighted by Gasteiger charge is 2.19. The van der Waals surface area contributed by atoms with Gasteiger partial charge in [0.15, 0.2) is 0 Å². The second-order valence-corrected chi connectivity index (χ2v) is 9.34. The number of nitrogens with zero attached hydrogens (tertiary/aromatic N) is 3. The highest BCUT2D eigenvalue weighted by Crippen LogP contribution is 2.28. The monoisotopic (exact) mass is 418 g/mol. The maximum atomic E-state index is 13.0. The molecular formula is C23H22N4O2S. The Kier molecular flexibility index (Phi) is 4.55. The van der Waals surface area contributed by atoms with Crippen molar-refractivity contribution in [3.8, 4) is 11.3 Å². The first kappa shape index (κ1) is 18.8. The van der Waals surface area contributed by atoms with Gasteiger partial charge in [-0.15, -0.1) is 0 Å². The average Bonchev–Trinajstić information content (AvgIpc) is 3.10. The topological polar surface area (TPSA) is 76.4 Å². The number of hydrogen-bond donors (Lipinski definition) is 1. The minimum atomic E-state index is -3.67. The molecule has 0 fully saturated rings. The molecule has 1 N–H and O–H groups in total. The number of nitrogens with one attached hydrogen (secondary N) is 1. The SMILES string of the molecule is Cc1c(-c2cccc(NS(=O)(=O)c3ccc4c(c3)CCCC4)c2)nc2ncccn12. The van der Waals surface area contributed by atoms with Gasteiger partial charge in [0.2, 0.25) is 5.78 Å². The Morgan fingerprint density at radius 1 is 1.00 bits per heavy atom. The zero-order valence-electron chi connectivity index (χ0n) is 16.7. The summed E-state index contributed by atoms with van der Waals surface area (Å²) >= 11 is 0. The van der Waals surface area contributed by atoms with E-state index in [0.29, 0.717) is 16.4 Å². The fraction of sp³-hybridized carbons (Fsp3) is 0.217. The predicted molar refractivity (Wildman–Crippen MR) is 117 cm³/mol. The van der Waals surface area contributed by atoms with Gasteiger partial charge in [-0.2, -0.15) is 0 Å². The number of imidazole rings is 1. The summed E-state index contributed by atoms with van der Waals surface area (Å²) in [4.78, 5) is 9.19. The van der Waals surface area contributed by atoms with Crippen LogP contribution in [-0.2, 0) is 22.9 Å². The summed E-state index contributed by atoms with van der Waals surface area (Å²) in [6.45, 7) is 1.97. The molecule has 0 bridgehead atoms. The zero-order chi connectivity index (χ0) is 20.7. The normalized spacial score (nSPS) is 13.9. The van der Waals surface area contributed by atoms with Crippen LogP contribution in [0.3, 0.4) is 0 Å². The molecule has 0 saturated heterocycles. The number of aryl methyl sites for hydroxylation is 3. The maximum absolute atomic E-state index is 13.0. The van der Waals surface area contributed by atoms with Gasteiger partial charge in [-0.3, -0.25) is 9.12 Å². The molecule has 0 unspecified atom stereocenters. The molecule has 6 nitrogen and oxygen atoms in total. The summed E-state index contributed by atoms with van der Waals surface area (Å²) in [5, 5.41) is 0. The minimum absolute atomic E-state index is 0.307. The van der Waals surface area contributed by atoms with Crippen molar-refractivity contribution in [2.45, 2.75) is 37.5 Å². The van der Waals surface area contributed by atoms with Crippen LogP contribution in [0.4, 0.5) is 5.69 Å². The van der Waals surface area contributed by atoms with Gasteiger partial charge in [0.1, 0.15) is 0 Å². The molecule has 0 spiro atoms. The highest BCUT2D eigenvalue weighted by molar-refractivity contribution is 7.92. The van der Waals surface area contributed by atoms with Gasteiger partial charge in [-0.25, -0.2) is 18.4 Å². The van der Waals surface area contributed by atoms with Crippen molar-refractivity contribution < 1.29 is 8.42 Å². The number of benzene rings is 2. The van der Waals surface area contributed by atoms with Crippen molar-refractivity contribution in [3.05, 3.63) is 77.7 Å². The van der Waals surface area contributed by atoms with Crippen molar-refractivity contribution in [2.75, 3.05) is 4.72 Å². The lowest BCUT2D eigenvalue weighted by Gasteiger charge is -2.17. The van der Waals surface area contributed by atoms with E-state index < -0.39 is 10.0 Å². The summed E-state index contributed by atoms with van der Waals surface area (Å²) in [7, 11) is -3.67. The van der Waals surface area contributed by atoms with E-state index in [1.54, 1.807) is 18.3 Å². The lowest BCUT2D eigenvalue weighted by atomic mass is 9.92. The quantitative estimate of drug-likeness (QED) is 0.533. The van der Waals surface area contributed by atoms with Crippen LogP contribution in [0.1, 0.15) is 29.7 Å². The fourth-order valence-electron chi connectivity index (χ4n) is 4.10. The third-order valence-corrected chi connectivity index (χ3v) is 7.04. The first-order valence-corrected chi connectivity index (χ1v) is 11.5. The molecule has 152 valence electrons. The lowest BCUT2D eigenvalue weighted by Crippen LogP contribution is -2.14. The molecule has 0 aliphatic heterocycles. The smallest absolute Gasteiger partial charge is 0.261 e. The van der Waals surface area contributed by atoms with Crippen molar-refractivity contribution in [1.29, 1.82) is 0 Å². The molecule has 2 aromatic carbocycles. The summed E-state index contributed by atoms with van der Waals surface area (Å²) in [6.07, 6.45) is 7.86. The van der Waals surface area contributed by atoms with Crippen molar-refractivity contribution in [3.63, 3.8) is 0 Å². The van der Waals surface area contributed by atoms with E-state index in [9.17, 15) is 8.42 Å². The molecule has 4 aromatic rings. The first-order valence-electron chi connectivity index (χ1n) is 10.1. The van der Waals surface area contributed by atoms with Crippen LogP contribution >= 0.6 is 0 Å². The highest BCUT2D eigenvalue weighted by atomic mass is 32.2. The Hall–Kier alpha value is -3.19. The minimum Gasteiger partial charge on any atom is -0.288 e. The number of sulfonamides is 1. The summed E-state index contributed by atoms with van der Waals surface area (Å²) in [5.41, 5.74) is 5.48. The van der Waals surface area contributed by atoms with Gasteiger partial charge in [0.05, 0.1) is 10.6 Å². The molecule has 0 saturated carbocycles. The van der Waals surface area contributed by atoms with E-state index in [4.69, 9.17) is 0 Å². The summed E-state index contributed by atoms with van der Waals surface area (Å²) < 4.78 is 30.6. The van der Waals surface area contributed by atoms with Gasteiger partial charge in [0, 0.05) is 29.3 Å². The molecule has 0 amide bonds. The lowest BCUT2D eigenvalue weighted by molar-refractivity contribution is 0.600. The molecular weight excluding hydrogens is 396 g/mol. The van der Waals surface area contributed by atoms with Crippen LogP contribution in [-0.4, -0.2) is 22.8 Å². The number of hydrogen-bond acceptors (Lipinski definition) is 4. The van der Waals surface area contributed by atoms with E-state index >= 15 is 0 Å². The third-order valence-electron chi connectivity index (χ3n) is 5.66. The number of aromatic nitrogens is 3.